The van der Waals surface area contributed by atoms with Crippen molar-refractivity contribution in [3.05, 3.63) is 0 Å². The SMILES string of the molecule is FC(F)(F)OCCOC(F)(F)F. The summed E-state index contributed by atoms with van der Waals surface area (Å²) in [6.45, 7) is -2.36. The summed E-state index contributed by atoms with van der Waals surface area (Å²) in [4.78, 5) is 0. The van der Waals surface area contributed by atoms with Gasteiger partial charge in [0.25, 0.3) is 0 Å². The third kappa shape index (κ3) is 9.50. The van der Waals surface area contributed by atoms with Gasteiger partial charge in [0, 0.05) is 0 Å². The zero-order valence-corrected chi connectivity index (χ0v) is 5.50. The smallest absolute Gasteiger partial charge is 0.289 e. The lowest BCUT2D eigenvalue weighted by atomic mass is 10.8. The fourth-order valence-corrected chi connectivity index (χ4v) is 0.315. The van der Waals surface area contributed by atoms with Crippen molar-refractivity contribution in [2.75, 3.05) is 13.2 Å². The minimum Gasteiger partial charge on any atom is -0.289 e. The standard InChI is InChI=1S/C4H4F6O2/c5-3(6,7)11-1-2-12-4(8,9)10/h1-2H2. The van der Waals surface area contributed by atoms with Crippen LogP contribution in [0.5, 0.6) is 0 Å². The number of hydrogen-bond acceptors (Lipinski definition) is 2. The van der Waals surface area contributed by atoms with Crippen molar-refractivity contribution in [2.45, 2.75) is 12.7 Å². The molecule has 0 aromatic heterocycles. The first-order chi connectivity index (χ1) is 5.21. The number of hydrogen-bond donors (Lipinski definition) is 0. The summed E-state index contributed by atoms with van der Waals surface area (Å²) in [7, 11) is 0. The van der Waals surface area contributed by atoms with Crippen molar-refractivity contribution in [3.63, 3.8) is 0 Å². The fourth-order valence-electron chi connectivity index (χ4n) is 0.315. The van der Waals surface area contributed by atoms with Gasteiger partial charge in [-0.2, -0.15) is 0 Å². The normalized spacial score (nSPS) is 13.5. The molecule has 0 amide bonds. The Labute approximate surface area is 63.1 Å². The quantitative estimate of drug-likeness (QED) is 0.510. The van der Waals surface area contributed by atoms with Gasteiger partial charge in [-0.3, -0.25) is 9.47 Å². The fraction of sp³-hybridized carbons (Fsp3) is 1.00. The molecular formula is C4H4F6O2. The third-order valence-corrected chi connectivity index (χ3v) is 0.615. The van der Waals surface area contributed by atoms with Gasteiger partial charge in [-0.1, -0.05) is 0 Å². The highest BCUT2D eigenvalue weighted by molar-refractivity contribution is 4.33. The third-order valence-electron chi connectivity index (χ3n) is 0.615. The lowest BCUT2D eigenvalue weighted by Gasteiger charge is -2.09. The average Bonchev–Trinajstić information content (AvgIpc) is 1.76. The van der Waals surface area contributed by atoms with E-state index in [9.17, 15) is 26.3 Å². The van der Waals surface area contributed by atoms with Crippen molar-refractivity contribution >= 4 is 0 Å². The monoisotopic (exact) mass is 198 g/mol. The molecule has 0 atom stereocenters. The zero-order chi connectivity index (χ0) is 9.83. The van der Waals surface area contributed by atoms with E-state index in [2.05, 4.69) is 9.47 Å². The van der Waals surface area contributed by atoms with Gasteiger partial charge in [-0.05, 0) is 0 Å². The molecule has 8 heteroatoms. The van der Waals surface area contributed by atoms with Crippen LogP contribution in [-0.4, -0.2) is 25.9 Å². The molecule has 0 aliphatic carbocycles. The van der Waals surface area contributed by atoms with Crippen LogP contribution in [0.15, 0.2) is 0 Å². The van der Waals surface area contributed by atoms with E-state index in [4.69, 9.17) is 0 Å². The summed E-state index contributed by atoms with van der Waals surface area (Å²) in [5.74, 6) is 0. The zero-order valence-electron chi connectivity index (χ0n) is 5.50. The van der Waals surface area contributed by atoms with Crippen molar-refractivity contribution in [3.8, 4) is 0 Å². The molecule has 0 aromatic rings. The minimum absolute atomic E-state index is 1.18. The van der Waals surface area contributed by atoms with Crippen molar-refractivity contribution < 1.29 is 35.8 Å². The second-order valence-corrected chi connectivity index (χ2v) is 1.59. The van der Waals surface area contributed by atoms with E-state index in [0.717, 1.165) is 0 Å². The molecule has 0 saturated heterocycles. The molecule has 12 heavy (non-hydrogen) atoms. The maximum Gasteiger partial charge on any atom is 0.522 e. The van der Waals surface area contributed by atoms with Crippen molar-refractivity contribution in [1.29, 1.82) is 0 Å². The van der Waals surface area contributed by atoms with Gasteiger partial charge in [0.1, 0.15) is 0 Å². The minimum atomic E-state index is -4.92. The molecule has 0 aliphatic rings. The van der Waals surface area contributed by atoms with Gasteiger partial charge in [-0.15, -0.1) is 26.3 Å². The Morgan fingerprint density at radius 3 is 1.08 bits per heavy atom. The molecule has 0 bridgehead atoms. The molecule has 74 valence electrons. The Bertz CT molecular complexity index is 110. The van der Waals surface area contributed by atoms with Crippen molar-refractivity contribution in [1.82, 2.24) is 0 Å². The van der Waals surface area contributed by atoms with Gasteiger partial charge < -0.3 is 0 Å². The Balaban J connectivity index is 3.35. The van der Waals surface area contributed by atoms with E-state index in [1.165, 1.54) is 0 Å². The number of alkyl halides is 6. The molecule has 0 radical (unpaired) electrons. The highest BCUT2D eigenvalue weighted by Gasteiger charge is 2.31. The summed E-state index contributed by atoms with van der Waals surface area (Å²) in [6.07, 6.45) is -9.84. The van der Waals surface area contributed by atoms with Crippen molar-refractivity contribution in [2.24, 2.45) is 0 Å². The molecule has 0 heterocycles. The molecule has 0 fully saturated rings. The van der Waals surface area contributed by atoms with Crippen LogP contribution in [-0.2, 0) is 9.47 Å². The molecule has 0 rings (SSSR count). The van der Waals surface area contributed by atoms with E-state index in [1.54, 1.807) is 0 Å². The number of halogens is 6. The molecule has 0 saturated carbocycles. The lowest BCUT2D eigenvalue weighted by molar-refractivity contribution is -0.354. The first kappa shape index (κ1) is 11.5. The molecule has 2 nitrogen and oxygen atoms in total. The maximum atomic E-state index is 11.1. The Morgan fingerprint density at radius 2 is 0.917 bits per heavy atom. The van der Waals surface area contributed by atoms with Gasteiger partial charge in [-0.25, -0.2) is 0 Å². The molecule has 0 unspecified atom stereocenters. The molecule has 0 spiro atoms. The van der Waals surface area contributed by atoms with Crippen LogP contribution in [0.25, 0.3) is 0 Å². The van der Waals surface area contributed by atoms with Crippen LogP contribution in [0.4, 0.5) is 26.3 Å². The van der Waals surface area contributed by atoms with Crippen LogP contribution in [0.3, 0.4) is 0 Å². The van der Waals surface area contributed by atoms with Gasteiger partial charge >= 0.3 is 12.7 Å². The first-order valence-corrected chi connectivity index (χ1v) is 2.62. The molecule has 0 aliphatic heterocycles. The van der Waals surface area contributed by atoms with Crippen LogP contribution < -0.4 is 0 Å². The lowest BCUT2D eigenvalue weighted by Crippen LogP contribution is -2.21. The van der Waals surface area contributed by atoms with E-state index >= 15 is 0 Å². The van der Waals surface area contributed by atoms with E-state index in [-0.39, 0.29) is 0 Å². The maximum absolute atomic E-state index is 11.1. The molecular weight excluding hydrogens is 194 g/mol. The summed E-state index contributed by atoms with van der Waals surface area (Å²) in [5, 5.41) is 0. The largest absolute Gasteiger partial charge is 0.522 e. The second kappa shape index (κ2) is 3.94. The van der Waals surface area contributed by atoms with Gasteiger partial charge in [0.2, 0.25) is 0 Å². The Morgan fingerprint density at radius 1 is 0.667 bits per heavy atom. The highest BCUT2D eigenvalue weighted by atomic mass is 19.4. The Hall–Kier alpha value is -0.500. The predicted molar refractivity (Wildman–Crippen MR) is 24.0 cm³/mol. The summed E-state index contributed by atoms with van der Waals surface area (Å²) >= 11 is 0. The van der Waals surface area contributed by atoms with Crippen LogP contribution in [0, 0.1) is 0 Å². The average molecular weight is 198 g/mol. The second-order valence-electron chi connectivity index (χ2n) is 1.59. The molecule has 0 aromatic carbocycles. The van der Waals surface area contributed by atoms with E-state index < -0.39 is 25.9 Å². The van der Waals surface area contributed by atoms with E-state index in [0.29, 0.717) is 0 Å². The van der Waals surface area contributed by atoms with Gasteiger partial charge in [0.15, 0.2) is 0 Å². The summed E-state index contributed by atoms with van der Waals surface area (Å²) in [5.41, 5.74) is 0. The number of rotatable bonds is 3. The first-order valence-electron chi connectivity index (χ1n) is 2.62. The topological polar surface area (TPSA) is 18.5 Å². The highest BCUT2D eigenvalue weighted by Crippen LogP contribution is 2.18. The van der Waals surface area contributed by atoms with E-state index in [1.807, 2.05) is 0 Å². The van der Waals surface area contributed by atoms with Crippen LogP contribution in [0.2, 0.25) is 0 Å². The Kier molecular flexibility index (Phi) is 3.78. The summed E-state index contributed by atoms with van der Waals surface area (Å²) in [6, 6.07) is 0. The summed E-state index contributed by atoms with van der Waals surface area (Å²) < 4.78 is 72.7. The molecule has 0 N–H and O–H groups in total. The number of ether oxygens (including phenoxy) is 2. The predicted octanol–water partition coefficient (Wildman–Crippen LogP) is 2.06. The van der Waals surface area contributed by atoms with Crippen LogP contribution >= 0.6 is 0 Å². The van der Waals surface area contributed by atoms with Crippen LogP contribution in [0.1, 0.15) is 0 Å². The van der Waals surface area contributed by atoms with Gasteiger partial charge in [0.05, 0.1) is 13.2 Å².